The first-order valence-electron chi connectivity index (χ1n) is 7.54. The van der Waals surface area contributed by atoms with E-state index in [1.54, 1.807) is 12.4 Å². The van der Waals surface area contributed by atoms with Gasteiger partial charge in [-0.3, -0.25) is 4.79 Å². The Balaban J connectivity index is 1.91. The van der Waals surface area contributed by atoms with Gasteiger partial charge in [-0.05, 0) is 18.8 Å². The highest BCUT2D eigenvalue weighted by atomic mass is 32.2. The average Bonchev–Trinajstić information content (AvgIpc) is 2.48. The molecule has 1 saturated heterocycles. The molecule has 1 aliphatic rings. The lowest BCUT2D eigenvalue weighted by atomic mass is 10.00. The van der Waals surface area contributed by atoms with Crippen LogP contribution in [0.2, 0.25) is 0 Å². The largest absolute Gasteiger partial charge is 0.341 e. The van der Waals surface area contributed by atoms with Gasteiger partial charge in [0.05, 0.1) is 30.9 Å². The number of hydrogen-bond donors (Lipinski definition) is 1. The first-order chi connectivity index (χ1) is 10.8. The van der Waals surface area contributed by atoms with Gasteiger partial charge in [-0.2, -0.15) is 4.31 Å². The van der Waals surface area contributed by atoms with Gasteiger partial charge < -0.3 is 10.2 Å². The van der Waals surface area contributed by atoms with E-state index < -0.39 is 15.9 Å². The monoisotopic (exact) mass is 341 g/mol. The summed E-state index contributed by atoms with van der Waals surface area (Å²) in [6, 6.07) is 0. The van der Waals surface area contributed by atoms with E-state index in [0.717, 1.165) is 42.4 Å². The number of anilines is 2. The number of sulfonamides is 1. The van der Waals surface area contributed by atoms with E-state index in [1.165, 1.54) is 7.05 Å². The van der Waals surface area contributed by atoms with Gasteiger partial charge in [0.25, 0.3) is 0 Å². The summed E-state index contributed by atoms with van der Waals surface area (Å²) in [5, 5.41) is 2.59. The molecule has 0 saturated carbocycles. The minimum absolute atomic E-state index is 0.245. The molecule has 8 nitrogen and oxygen atoms in total. The van der Waals surface area contributed by atoms with E-state index >= 15 is 0 Å². The van der Waals surface area contributed by atoms with Crippen molar-refractivity contribution in [2.45, 2.75) is 19.8 Å². The second-order valence-corrected chi connectivity index (χ2v) is 8.10. The fraction of sp³-hybridized carbons (Fsp3) is 0.643. The van der Waals surface area contributed by atoms with Crippen molar-refractivity contribution in [1.82, 2.24) is 14.3 Å². The van der Waals surface area contributed by atoms with E-state index in [0.29, 0.717) is 11.6 Å². The highest BCUT2D eigenvalue weighted by Gasteiger charge is 2.18. The van der Waals surface area contributed by atoms with Crippen molar-refractivity contribution >= 4 is 27.6 Å². The molecule has 2 heterocycles. The van der Waals surface area contributed by atoms with Gasteiger partial charge in [-0.1, -0.05) is 6.92 Å². The van der Waals surface area contributed by atoms with Crippen LogP contribution in [0.5, 0.6) is 0 Å². The summed E-state index contributed by atoms with van der Waals surface area (Å²) in [6.45, 7) is 3.87. The minimum Gasteiger partial charge on any atom is -0.341 e. The zero-order chi connectivity index (χ0) is 17.0. The predicted molar refractivity (Wildman–Crippen MR) is 88.7 cm³/mol. The normalized spacial score (nSPS) is 16.6. The number of carbonyl (C=O) groups excluding carboxylic acids is 1. The Kier molecular flexibility index (Phi) is 5.53. The Morgan fingerprint density at radius 2 is 1.91 bits per heavy atom. The maximum absolute atomic E-state index is 11.8. The lowest BCUT2D eigenvalue weighted by Gasteiger charge is -2.30. The topological polar surface area (TPSA) is 95.5 Å². The molecule has 0 unspecified atom stereocenters. The maximum atomic E-state index is 11.8. The third kappa shape index (κ3) is 5.14. The second-order valence-electron chi connectivity index (χ2n) is 6.01. The molecule has 0 aliphatic carbocycles. The standard InChI is InChI=1S/C14H23N5O3S/c1-11-4-6-19(7-5-11)14-15-8-12(9-16-14)17-13(20)10-18(2)23(3,21)22/h8-9,11H,4-7,10H2,1-3H3,(H,17,20). The van der Waals surface area contributed by atoms with Crippen molar-refractivity contribution in [2.24, 2.45) is 5.92 Å². The molecule has 128 valence electrons. The maximum Gasteiger partial charge on any atom is 0.239 e. The number of nitrogens with one attached hydrogen (secondary N) is 1. The molecule has 0 aromatic carbocycles. The van der Waals surface area contributed by atoms with Crippen molar-refractivity contribution in [2.75, 3.05) is 43.2 Å². The first-order valence-corrected chi connectivity index (χ1v) is 9.38. The quantitative estimate of drug-likeness (QED) is 0.840. The Morgan fingerprint density at radius 3 is 2.43 bits per heavy atom. The van der Waals surface area contributed by atoms with Crippen molar-refractivity contribution in [3.63, 3.8) is 0 Å². The lowest BCUT2D eigenvalue weighted by molar-refractivity contribution is -0.116. The van der Waals surface area contributed by atoms with Crippen molar-refractivity contribution in [3.05, 3.63) is 12.4 Å². The van der Waals surface area contributed by atoms with Gasteiger partial charge in [0, 0.05) is 20.1 Å². The third-order valence-corrected chi connectivity index (χ3v) is 5.18. The zero-order valence-electron chi connectivity index (χ0n) is 13.7. The molecule has 1 aliphatic heterocycles. The fourth-order valence-corrected chi connectivity index (χ4v) is 2.63. The van der Waals surface area contributed by atoms with Gasteiger partial charge in [-0.15, -0.1) is 0 Å². The zero-order valence-corrected chi connectivity index (χ0v) is 14.5. The summed E-state index contributed by atoms with van der Waals surface area (Å²) in [7, 11) is -2.03. The van der Waals surface area contributed by atoms with Crippen LogP contribution in [-0.4, -0.2) is 61.5 Å². The molecule has 0 radical (unpaired) electrons. The number of piperidine rings is 1. The molecule has 1 fully saturated rings. The summed E-state index contributed by atoms with van der Waals surface area (Å²) in [6.07, 6.45) is 6.38. The SMILES string of the molecule is CC1CCN(c2ncc(NC(=O)CN(C)S(C)(=O)=O)cn2)CC1. The molecule has 0 atom stereocenters. The highest BCUT2D eigenvalue weighted by molar-refractivity contribution is 7.88. The van der Waals surface area contributed by atoms with E-state index in [4.69, 9.17) is 0 Å². The van der Waals surface area contributed by atoms with Crippen LogP contribution in [0.1, 0.15) is 19.8 Å². The molecule has 2 rings (SSSR count). The van der Waals surface area contributed by atoms with E-state index in [1.807, 2.05) is 0 Å². The van der Waals surface area contributed by atoms with Crippen LogP contribution in [0.25, 0.3) is 0 Å². The Bertz CT molecular complexity index is 639. The summed E-state index contributed by atoms with van der Waals surface area (Å²) < 4.78 is 23.5. The number of aromatic nitrogens is 2. The molecule has 1 amide bonds. The molecule has 1 N–H and O–H groups in total. The van der Waals surface area contributed by atoms with E-state index in [2.05, 4.69) is 27.1 Å². The summed E-state index contributed by atoms with van der Waals surface area (Å²) in [4.78, 5) is 22.5. The first kappa shape index (κ1) is 17.6. The average molecular weight is 341 g/mol. The van der Waals surface area contributed by atoms with Gasteiger partial charge in [0.2, 0.25) is 21.9 Å². The predicted octanol–water partition coefficient (Wildman–Crippen LogP) is 0.543. The molecule has 0 spiro atoms. The smallest absolute Gasteiger partial charge is 0.239 e. The molecule has 1 aromatic heterocycles. The fourth-order valence-electron chi connectivity index (χ4n) is 2.28. The van der Waals surface area contributed by atoms with Crippen LogP contribution in [0.15, 0.2) is 12.4 Å². The highest BCUT2D eigenvalue weighted by Crippen LogP contribution is 2.20. The summed E-state index contributed by atoms with van der Waals surface area (Å²) in [5.74, 6) is 0.959. The van der Waals surface area contributed by atoms with Crippen LogP contribution in [-0.2, 0) is 14.8 Å². The number of carbonyl (C=O) groups is 1. The Hall–Kier alpha value is -1.74. The van der Waals surface area contributed by atoms with Crippen LogP contribution >= 0.6 is 0 Å². The lowest BCUT2D eigenvalue weighted by Crippen LogP contribution is -2.35. The number of hydrogen-bond acceptors (Lipinski definition) is 6. The van der Waals surface area contributed by atoms with Crippen LogP contribution in [0, 0.1) is 5.92 Å². The summed E-state index contributed by atoms with van der Waals surface area (Å²) >= 11 is 0. The van der Waals surface area contributed by atoms with Gasteiger partial charge in [-0.25, -0.2) is 18.4 Å². The summed E-state index contributed by atoms with van der Waals surface area (Å²) in [5.41, 5.74) is 0.450. The van der Waals surface area contributed by atoms with Crippen LogP contribution in [0.4, 0.5) is 11.6 Å². The molecular formula is C14H23N5O3S. The number of nitrogens with zero attached hydrogens (tertiary/aromatic N) is 4. The molecule has 9 heteroatoms. The van der Waals surface area contributed by atoms with Crippen LogP contribution < -0.4 is 10.2 Å². The number of amides is 1. The van der Waals surface area contributed by atoms with E-state index in [-0.39, 0.29) is 6.54 Å². The van der Waals surface area contributed by atoms with E-state index in [9.17, 15) is 13.2 Å². The molecule has 23 heavy (non-hydrogen) atoms. The Morgan fingerprint density at radius 1 is 1.35 bits per heavy atom. The van der Waals surface area contributed by atoms with Crippen molar-refractivity contribution in [1.29, 1.82) is 0 Å². The minimum atomic E-state index is -3.38. The van der Waals surface area contributed by atoms with Crippen LogP contribution in [0.3, 0.4) is 0 Å². The Labute approximate surface area is 137 Å². The number of likely N-dealkylation sites (N-methyl/N-ethyl adjacent to an activating group) is 1. The second kappa shape index (κ2) is 7.22. The van der Waals surface area contributed by atoms with Gasteiger partial charge in [0.1, 0.15) is 0 Å². The molecular weight excluding hydrogens is 318 g/mol. The third-order valence-electron chi connectivity index (χ3n) is 3.92. The van der Waals surface area contributed by atoms with Gasteiger partial charge in [0.15, 0.2) is 0 Å². The number of rotatable bonds is 5. The van der Waals surface area contributed by atoms with Crippen molar-refractivity contribution < 1.29 is 13.2 Å². The van der Waals surface area contributed by atoms with Gasteiger partial charge >= 0.3 is 0 Å². The molecule has 0 bridgehead atoms. The van der Waals surface area contributed by atoms with Crippen molar-refractivity contribution in [3.8, 4) is 0 Å². The molecule has 1 aromatic rings.